The van der Waals surface area contributed by atoms with Gasteiger partial charge in [-0.2, -0.15) is 5.10 Å². The smallest absolute Gasteiger partial charge is 0.257 e. The number of rotatable bonds is 7. The number of amides is 1. The maximum Gasteiger partial charge on any atom is 0.257 e. The van der Waals surface area contributed by atoms with Crippen LogP contribution in [-0.2, 0) is 19.3 Å². The molecule has 0 radical (unpaired) electrons. The quantitative estimate of drug-likeness (QED) is 0.397. The van der Waals surface area contributed by atoms with Gasteiger partial charge in [0.1, 0.15) is 5.75 Å². The molecule has 2 aliphatic rings. The standard InChI is InChI=1S/C28H28N6O2/c1-33(14-12-21-5-3-4-13-29-21)27(35)24-17-31-34(26(24)19-7-8-19)28-30-16-20-9-6-18-10-11-22(36-2)15-23(18)25(20)32-28/h3-5,10-11,13,15-17,19H,6-9,12,14H2,1-2H3. The van der Waals surface area contributed by atoms with Crippen LogP contribution in [0.4, 0.5) is 0 Å². The zero-order valence-corrected chi connectivity index (χ0v) is 20.5. The molecule has 0 bridgehead atoms. The van der Waals surface area contributed by atoms with Gasteiger partial charge in [0.05, 0.1) is 30.3 Å². The molecular weight excluding hydrogens is 452 g/mol. The van der Waals surface area contributed by atoms with Crippen LogP contribution in [0.15, 0.2) is 55.0 Å². The van der Waals surface area contributed by atoms with E-state index in [0.717, 1.165) is 59.6 Å². The summed E-state index contributed by atoms with van der Waals surface area (Å²) in [6.07, 6.45) is 9.98. The average molecular weight is 481 g/mol. The second kappa shape index (κ2) is 9.18. The lowest BCUT2D eigenvalue weighted by Gasteiger charge is -2.20. The van der Waals surface area contributed by atoms with Gasteiger partial charge in [-0.25, -0.2) is 14.6 Å². The zero-order chi connectivity index (χ0) is 24.6. The van der Waals surface area contributed by atoms with E-state index >= 15 is 0 Å². The molecule has 0 saturated heterocycles. The lowest BCUT2D eigenvalue weighted by atomic mass is 9.90. The highest BCUT2D eigenvalue weighted by atomic mass is 16.5. The van der Waals surface area contributed by atoms with E-state index in [4.69, 9.17) is 9.72 Å². The largest absolute Gasteiger partial charge is 0.497 e. The van der Waals surface area contributed by atoms with E-state index in [-0.39, 0.29) is 5.91 Å². The number of fused-ring (bicyclic) bond motifs is 3. The van der Waals surface area contributed by atoms with Gasteiger partial charge in [-0.3, -0.25) is 9.78 Å². The fraction of sp³-hybridized carbons (Fsp3) is 0.321. The van der Waals surface area contributed by atoms with Gasteiger partial charge < -0.3 is 9.64 Å². The van der Waals surface area contributed by atoms with Crippen molar-refractivity contribution in [2.24, 2.45) is 0 Å². The van der Waals surface area contributed by atoms with Crippen molar-refractivity contribution in [2.75, 3.05) is 20.7 Å². The summed E-state index contributed by atoms with van der Waals surface area (Å²) in [6.45, 7) is 0.582. The molecule has 0 N–H and O–H groups in total. The summed E-state index contributed by atoms with van der Waals surface area (Å²) >= 11 is 0. The molecule has 3 aromatic heterocycles. The van der Waals surface area contributed by atoms with Crippen molar-refractivity contribution in [3.8, 4) is 23.0 Å². The first-order chi connectivity index (χ1) is 17.6. The summed E-state index contributed by atoms with van der Waals surface area (Å²) in [5.41, 5.74) is 6.86. The Morgan fingerprint density at radius 1 is 1.11 bits per heavy atom. The summed E-state index contributed by atoms with van der Waals surface area (Å²) < 4.78 is 7.23. The number of carbonyl (C=O) groups is 1. The summed E-state index contributed by atoms with van der Waals surface area (Å²) in [6, 6.07) is 12.0. The van der Waals surface area contributed by atoms with Crippen molar-refractivity contribution >= 4 is 5.91 Å². The Bertz CT molecular complexity index is 1430. The number of aryl methyl sites for hydroxylation is 2. The molecule has 6 rings (SSSR count). The van der Waals surface area contributed by atoms with Crippen LogP contribution in [0.3, 0.4) is 0 Å². The minimum Gasteiger partial charge on any atom is -0.497 e. The molecule has 8 heteroatoms. The molecule has 8 nitrogen and oxygen atoms in total. The van der Waals surface area contributed by atoms with Crippen LogP contribution < -0.4 is 4.74 Å². The highest BCUT2D eigenvalue weighted by Gasteiger charge is 2.34. The highest BCUT2D eigenvalue weighted by Crippen LogP contribution is 2.43. The lowest BCUT2D eigenvalue weighted by Crippen LogP contribution is -2.29. The maximum atomic E-state index is 13.4. The lowest BCUT2D eigenvalue weighted by molar-refractivity contribution is 0.0795. The first-order valence-corrected chi connectivity index (χ1v) is 12.4. The van der Waals surface area contributed by atoms with Crippen molar-refractivity contribution < 1.29 is 9.53 Å². The number of pyridine rings is 1. The minimum atomic E-state index is -0.0351. The predicted octanol–water partition coefficient (Wildman–Crippen LogP) is 4.02. The number of nitrogens with zero attached hydrogens (tertiary/aromatic N) is 6. The molecule has 1 saturated carbocycles. The zero-order valence-electron chi connectivity index (χ0n) is 20.5. The molecule has 1 fully saturated rings. The Morgan fingerprint density at radius 3 is 2.75 bits per heavy atom. The Labute approximate surface area is 210 Å². The van der Waals surface area contributed by atoms with E-state index < -0.39 is 0 Å². The third-order valence-electron chi connectivity index (χ3n) is 7.05. The van der Waals surface area contributed by atoms with Crippen molar-refractivity contribution in [3.05, 3.63) is 83.1 Å². The average Bonchev–Trinajstić information content (AvgIpc) is 3.68. The van der Waals surface area contributed by atoms with E-state index in [0.29, 0.717) is 30.4 Å². The van der Waals surface area contributed by atoms with Gasteiger partial charge in [0, 0.05) is 49.6 Å². The second-order valence-corrected chi connectivity index (χ2v) is 9.49. The highest BCUT2D eigenvalue weighted by molar-refractivity contribution is 5.95. The molecule has 0 spiro atoms. The van der Waals surface area contributed by atoms with Gasteiger partial charge in [0.2, 0.25) is 0 Å². The summed E-state index contributed by atoms with van der Waals surface area (Å²) in [5.74, 6) is 1.57. The number of likely N-dealkylation sites (N-methyl/N-ethyl adjacent to an activating group) is 1. The normalized spacial score (nSPS) is 14.2. The van der Waals surface area contributed by atoms with Crippen molar-refractivity contribution in [1.29, 1.82) is 0 Å². The first kappa shape index (κ1) is 22.4. The Morgan fingerprint density at radius 2 is 1.97 bits per heavy atom. The Kier molecular flexibility index (Phi) is 5.71. The van der Waals surface area contributed by atoms with Gasteiger partial charge >= 0.3 is 0 Å². The minimum absolute atomic E-state index is 0.0351. The fourth-order valence-electron chi connectivity index (χ4n) is 4.87. The van der Waals surface area contributed by atoms with E-state index in [1.54, 1.807) is 29.1 Å². The molecule has 2 aliphatic carbocycles. The number of methoxy groups -OCH3 is 1. The van der Waals surface area contributed by atoms with Crippen LogP contribution in [-0.4, -0.2) is 56.2 Å². The first-order valence-electron chi connectivity index (χ1n) is 12.4. The Hall–Kier alpha value is -4.07. The molecule has 3 heterocycles. The number of carbonyl (C=O) groups excluding carboxylic acids is 1. The van der Waals surface area contributed by atoms with Crippen LogP contribution >= 0.6 is 0 Å². The second-order valence-electron chi connectivity index (χ2n) is 9.49. The predicted molar refractivity (Wildman–Crippen MR) is 135 cm³/mol. The molecule has 182 valence electrons. The van der Waals surface area contributed by atoms with E-state index in [1.165, 1.54) is 5.56 Å². The molecule has 36 heavy (non-hydrogen) atoms. The third-order valence-corrected chi connectivity index (χ3v) is 7.05. The number of benzene rings is 1. The third kappa shape index (κ3) is 4.12. The molecule has 0 aliphatic heterocycles. The number of ether oxygens (including phenoxy) is 1. The van der Waals surface area contributed by atoms with E-state index in [1.807, 2.05) is 43.6 Å². The molecule has 1 aromatic carbocycles. The molecular formula is C28H28N6O2. The van der Waals surface area contributed by atoms with Crippen LogP contribution in [0.1, 0.15) is 51.6 Å². The molecule has 4 aromatic rings. The number of hydrogen-bond donors (Lipinski definition) is 0. The fourth-order valence-corrected chi connectivity index (χ4v) is 4.87. The van der Waals surface area contributed by atoms with Gasteiger partial charge in [-0.05, 0) is 61.1 Å². The van der Waals surface area contributed by atoms with Gasteiger partial charge in [-0.1, -0.05) is 12.1 Å². The summed E-state index contributed by atoms with van der Waals surface area (Å²) in [5, 5.41) is 4.62. The van der Waals surface area contributed by atoms with Crippen molar-refractivity contribution in [2.45, 2.75) is 38.0 Å². The number of hydrogen-bond acceptors (Lipinski definition) is 6. The maximum absolute atomic E-state index is 13.4. The summed E-state index contributed by atoms with van der Waals surface area (Å²) in [7, 11) is 3.51. The van der Waals surface area contributed by atoms with Crippen LogP contribution in [0.25, 0.3) is 17.2 Å². The van der Waals surface area contributed by atoms with Crippen molar-refractivity contribution in [1.82, 2.24) is 29.6 Å². The van der Waals surface area contributed by atoms with Gasteiger partial charge in [0.25, 0.3) is 11.9 Å². The SMILES string of the molecule is COc1ccc2c(c1)-c1nc(-n3ncc(C(=O)N(C)CCc4ccccn4)c3C3CC3)ncc1CC2. The van der Waals surface area contributed by atoms with Gasteiger partial charge in [-0.15, -0.1) is 0 Å². The summed E-state index contributed by atoms with van der Waals surface area (Å²) in [4.78, 5) is 29.2. The van der Waals surface area contributed by atoms with Gasteiger partial charge in [0.15, 0.2) is 0 Å². The topological polar surface area (TPSA) is 86.0 Å². The van der Waals surface area contributed by atoms with Crippen LogP contribution in [0, 0.1) is 0 Å². The molecule has 0 atom stereocenters. The monoisotopic (exact) mass is 480 g/mol. The molecule has 0 unspecified atom stereocenters. The Balaban J connectivity index is 1.32. The number of aromatic nitrogens is 5. The molecule has 1 amide bonds. The van der Waals surface area contributed by atoms with Crippen molar-refractivity contribution in [3.63, 3.8) is 0 Å². The van der Waals surface area contributed by atoms with Crippen LogP contribution in [0.2, 0.25) is 0 Å². The van der Waals surface area contributed by atoms with E-state index in [2.05, 4.69) is 21.1 Å². The van der Waals surface area contributed by atoms with E-state index in [9.17, 15) is 4.79 Å². The van der Waals surface area contributed by atoms with Crippen LogP contribution in [0.5, 0.6) is 5.75 Å².